The largest absolute Gasteiger partial charge is 0.349 e. The van der Waals surface area contributed by atoms with E-state index in [1.165, 1.54) is 0 Å². The van der Waals surface area contributed by atoms with Crippen LogP contribution >= 0.6 is 11.3 Å². The highest BCUT2D eigenvalue weighted by Crippen LogP contribution is 2.26. The second-order valence-electron chi connectivity index (χ2n) is 6.06. The predicted octanol–water partition coefficient (Wildman–Crippen LogP) is 3.23. The fraction of sp³-hybridized carbons (Fsp3) is 0.471. The minimum atomic E-state index is 0.00926. The Morgan fingerprint density at radius 3 is 2.50 bits per heavy atom. The summed E-state index contributed by atoms with van der Waals surface area (Å²) in [7, 11) is 4.09. The molecule has 1 amide bonds. The number of hydrogen-bond acceptors (Lipinski definition) is 3. The third-order valence-electron chi connectivity index (χ3n) is 3.75. The summed E-state index contributed by atoms with van der Waals surface area (Å²) in [6, 6.07) is 6.23. The van der Waals surface area contributed by atoms with Crippen molar-refractivity contribution in [3.05, 3.63) is 40.5 Å². The van der Waals surface area contributed by atoms with E-state index >= 15 is 0 Å². The van der Waals surface area contributed by atoms with Crippen molar-refractivity contribution in [3.63, 3.8) is 0 Å². The maximum atomic E-state index is 12.6. The summed E-state index contributed by atoms with van der Waals surface area (Å²) in [6.45, 7) is 7.15. The van der Waals surface area contributed by atoms with Crippen LogP contribution in [0.5, 0.6) is 0 Å². The molecule has 1 N–H and O–H groups in total. The number of carbonyl (C=O) groups is 1. The SMILES string of the molecule is Cc1ccc(C)n1-c1sccc1C(=O)NC(C)CCN(C)C. The third kappa shape index (κ3) is 3.78. The van der Waals surface area contributed by atoms with Gasteiger partial charge < -0.3 is 14.8 Å². The van der Waals surface area contributed by atoms with Crippen molar-refractivity contribution in [2.75, 3.05) is 20.6 Å². The molecule has 0 aromatic carbocycles. The Morgan fingerprint density at radius 2 is 1.91 bits per heavy atom. The zero-order chi connectivity index (χ0) is 16.3. The van der Waals surface area contributed by atoms with Gasteiger partial charge in [-0.25, -0.2) is 0 Å². The van der Waals surface area contributed by atoms with E-state index in [0.717, 1.165) is 34.9 Å². The molecule has 0 saturated heterocycles. The normalized spacial score (nSPS) is 12.6. The first-order chi connectivity index (χ1) is 10.4. The van der Waals surface area contributed by atoms with Gasteiger partial charge in [-0.1, -0.05) is 0 Å². The summed E-state index contributed by atoms with van der Waals surface area (Å²) < 4.78 is 2.14. The van der Waals surface area contributed by atoms with Crippen LogP contribution in [0.25, 0.3) is 5.00 Å². The number of nitrogens with zero attached hydrogens (tertiary/aromatic N) is 2. The molecule has 0 radical (unpaired) electrons. The lowest BCUT2D eigenvalue weighted by molar-refractivity contribution is 0.0937. The average Bonchev–Trinajstić information content (AvgIpc) is 3.03. The smallest absolute Gasteiger partial charge is 0.254 e. The van der Waals surface area contributed by atoms with Gasteiger partial charge in [-0.2, -0.15) is 0 Å². The molecule has 0 spiro atoms. The first-order valence-electron chi connectivity index (χ1n) is 7.58. The Balaban J connectivity index is 2.14. The highest BCUT2D eigenvalue weighted by Gasteiger charge is 2.18. The quantitative estimate of drug-likeness (QED) is 0.887. The van der Waals surface area contributed by atoms with Crippen LogP contribution < -0.4 is 5.32 Å². The summed E-state index contributed by atoms with van der Waals surface area (Å²) in [6.07, 6.45) is 0.944. The van der Waals surface area contributed by atoms with Crippen LogP contribution in [0.4, 0.5) is 0 Å². The molecule has 22 heavy (non-hydrogen) atoms. The number of thiophene rings is 1. The van der Waals surface area contributed by atoms with E-state index in [0.29, 0.717) is 0 Å². The minimum Gasteiger partial charge on any atom is -0.349 e. The summed E-state index contributed by atoms with van der Waals surface area (Å²) >= 11 is 1.60. The molecule has 0 fully saturated rings. The first-order valence-corrected chi connectivity index (χ1v) is 8.46. The monoisotopic (exact) mass is 319 g/mol. The van der Waals surface area contributed by atoms with Gasteiger partial charge in [0.05, 0.1) is 5.56 Å². The van der Waals surface area contributed by atoms with E-state index in [-0.39, 0.29) is 11.9 Å². The number of rotatable bonds is 6. The number of aryl methyl sites for hydroxylation is 2. The maximum absolute atomic E-state index is 12.6. The molecule has 0 aliphatic heterocycles. The topological polar surface area (TPSA) is 37.3 Å². The lowest BCUT2D eigenvalue weighted by atomic mass is 10.2. The van der Waals surface area contributed by atoms with Gasteiger partial charge in [0.25, 0.3) is 5.91 Å². The Labute approximate surface area is 136 Å². The first kappa shape index (κ1) is 16.8. The van der Waals surface area contributed by atoms with Gasteiger partial charge in [-0.05, 0) is 71.4 Å². The molecular weight excluding hydrogens is 294 g/mol. The molecule has 0 aliphatic rings. The molecule has 0 aliphatic carbocycles. The highest BCUT2D eigenvalue weighted by molar-refractivity contribution is 7.13. The van der Waals surface area contributed by atoms with Crippen molar-refractivity contribution in [1.82, 2.24) is 14.8 Å². The number of amides is 1. The van der Waals surface area contributed by atoms with Crippen molar-refractivity contribution >= 4 is 17.2 Å². The van der Waals surface area contributed by atoms with Crippen molar-refractivity contribution in [2.45, 2.75) is 33.2 Å². The van der Waals surface area contributed by atoms with Crippen molar-refractivity contribution in [1.29, 1.82) is 0 Å². The third-order valence-corrected chi connectivity index (χ3v) is 4.65. The standard InChI is InChI=1S/C17H25N3OS/c1-12(8-10-19(4)5)18-16(21)15-9-11-22-17(15)20-13(2)6-7-14(20)3/h6-7,9,11-12H,8,10H2,1-5H3,(H,18,21). The van der Waals surface area contributed by atoms with Gasteiger partial charge >= 0.3 is 0 Å². The number of carbonyl (C=O) groups excluding carboxylic acids is 1. The summed E-state index contributed by atoms with van der Waals surface area (Å²) in [5.74, 6) is 0.00926. The van der Waals surface area contributed by atoms with Crippen molar-refractivity contribution < 1.29 is 4.79 Å². The Hall–Kier alpha value is -1.59. The van der Waals surface area contributed by atoms with Gasteiger partial charge in [-0.15, -0.1) is 11.3 Å². The van der Waals surface area contributed by atoms with Crippen LogP contribution in [-0.2, 0) is 0 Å². The summed E-state index contributed by atoms with van der Waals surface area (Å²) in [5.41, 5.74) is 3.05. The van der Waals surface area contributed by atoms with E-state index in [2.05, 4.69) is 47.7 Å². The minimum absolute atomic E-state index is 0.00926. The maximum Gasteiger partial charge on any atom is 0.254 e. The van der Waals surface area contributed by atoms with Gasteiger partial charge in [-0.3, -0.25) is 4.79 Å². The van der Waals surface area contributed by atoms with Crippen LogP contribution in [0.15, 0.2) is 23.6 Å². The van der Waals surface area contributed by atoms with Crippen LogP contribution in [-0.4, -0.2) is 42.1 Å². The average molecular weight is 319 g/mol. The molecule has 2 rings (SSSR count). The lowest BCUT2D eigenvalue weighted by Gasteiger charge is -2.17. The predicted molar refractivity (Wildman–Crippen MR) is 93.2 cm³/mol. The highest BCUT2D eigenvalue weighted by atomic mass is 32.1. The molecular formula is C17H25N3OS. The summed E-state index contributed by atoms with van der Waals surface area (Å²) in [4.78, 5) is 14.7. The second kappa shape index (κ2) is 7.11. The van der Waals surface area contributed by atoms with Crippen LogP contribution in [0, 0.1) is 13.8 Å². The van der Waals surface area contributed by atoms with E-state index < -0.39 is 0 Å². The van der Waals surface area contributed by atoms with Crippen molar-refractivity contribution in [2.24, 2.45) is 0 Å². The van der Waals surface area contributed by atoms with Crippen molar-refractivity contribution in [3.8, 4) is 5.00 Å². The zero-order valence-electron chi connectivity index (χ0n) is 14.0. The molecule has 120 valence electrons. The molecule has 2 heterocycles. The number of aromatic nitrogens is 1. The molecule has 0 saturated carbocycles. The van der Waals surface area contributed by atoms with Gasteiger partial charge in [0.15, 0.2) is 0 Å². The van der Waals surface area contributed by atoms with Gasteiger partial charge in [0.2, 0.25) is 0 Å². The molecule has 4 nitrogen and oxygen atoms in total. The van der Waals surface area contributed by atoms with E-state index in [1.807, 2.05) is 25.5 Å². The molecule has 5 heteroatoms. The lowest BCUT2D eigenvalue weighted by Crippen LogP contribution is -2.35. The molecule has 2 aromatic rings. The Kier molecular flexibility index (Phi) is 5.42. The number of hydrogen-bond donors (Lipinski definition) is 1. The van der Waals surface area contributed by atoms with Crippen LogP contribution in [0.3, 0.4) is 0 Å². The Morgan fingerprint density at radius 1 is 1.27 bits per heavy atom. The number of nitrogens with one attached hydrogen (secondary N) is 1. The van der Waals surface area contributed by atoms with Crippen LogP contribution in [0.1, 0.15) is 35.1 Å². The molecule has 0 bridgehead atoms. The van der Waals surface area contributed by atoms with E-state index in [1.54, 1.807) is 11.3 Å². The van der Waals surface area contributed by atoms with E-state index in [4.69, 9.17) is 0 Å². The summed E-state index contributed by atoms with van der Waals surface area (Å²) in [5, 5.41) is 6.08. The second-order valence-corrected chi connectivity index (χ2v) is 6.95. The fourth-order valence-electron chi connectivity index (χ4n) is 2.46. The molecule has 1 unspecified atom stereocenters. The molecule has 2 aromatic heterocycles. The van der Waals surface area contributed by atoms with Gasteiger partial charge in [0.1, 0.15) is 5.00 Å². The Bertz CT molecular complexity index is 623. The van der Waals surface area contributed by atoms with E-state index in [9.17, 15) is 4.79 Å². The van der Waals surface area contributed by atoms with Crippen LogP contribution in [0.2, 0.25) is 0 Å². The van der Waals surface area contributed by atoms with Gasteiger partial charge in [0, 0.05) is 17.4 Å². The zero-order valence-corrected chi connectivity index (χ0v) is 14.8. The fourth-order valence-corrected chi connectivity index (χ4v) is 3.48. The molecule has 1 atom stereocenters.